The number of allylic oxidation sites excluding steroid dienone is 1. The first-order chi connectivity index (χ1) is 16.9. The minimum Gasteiger partial charge on any atom is -0.469 e. The van der Waals surface area contributed by atoms with E-state index in [2.05, 4.69) is 25.2 Å². The van der Waals surface area contributed by atoms with Crippen LogP contribution >= 0.6 is 0 Å². The molecule has 0 amide bonds. The summed E-state index contributed by atoms with van der Waals surface area (Å²) in [5.41, 5.74) is 2.93. The van der Waals surface area contributed by atoms with Crippen LogP contribution in [0.15, 0.2) is 70.3 Å². The molecule has 2 atom stereocenters. The van der Waals surface area contributed by atoms with E-state index < -0.39 is 42.0 Å². The zero-order chi connectivity index (χ0) is 26.7. The molecule has 0 radical (unpaired) electrons. The molecule has 0 N–H and O–H groups in total. The molecule has 2 aromatic carbocycles. The Morgan fingerprint density at radius 3 is 2.17 bits per heavy atom. The minimum absolute atomic E-state index is 0.0225. The van der Waals surface area contributed by atoms with Gasteiger partial charge in [0.15, 0.2) is 0 Å². The number of esters is 2. The van der Waals surface area contributed by atoms with Crippen molar-refractivity contribution in [2.75, 3.05) is 20.8 Å². The van der Waals surface area contributed by atoms with E-state index in [-0.39, 0.29) is 17.9 Å². The summed E-state index contributed by atoms with van der Waals surface area (Å²) >= 11 is 0. The quantitative estimate of drug-likeness (QED) is 0.378. The van der Waals surface area contributed by atoms with Crippen LogP contribution in [0.1, 0.15) is 24.5 Å². The van der Waals surface area contributed by atoms with Crippen molar-refractivity contribution in [2.24, 2.45) is 5.92 Å². The Morgan fingerprint density at radius 2 is 1.61 bits per heavy atom. The van der Waals surface area contributed by atoms with Gasteiger partial charge >= 0.3 is 11.9 Å². The highest BCUT2D eigenvalue weighted by molar-refractivity contribution is 7.89. The lowest BCUT2D eigenvalue weighted by Gasteiger charge is -2.28. The van der Waals surface area contributed by atoms with Crippen molar-refractivity contribution in [1.29, 1.82) is 0 Å². The topological polar surface area (TPSA) is 90.0 Å². The van der Waals surface area contributed by atoms with Gasteiger partial charge in [-0.15, -0.1) is 0 Å². The standard InChI is InChI=1S/C27H35NO6SSi/c1-19-12-14-22(15-13-19)35(31,32)28-17-24(23(16-25(29)33-3)26(28)27(30)34-4)20(2)36(5,6)18-21-10-8-7-9-11-21/h7-15,23,26H,16-18H2,1-6H3/b24-20-/t23-,26-/m0/s1. The van der Waals surface area contributed by atoms with E-state index in [9.17, 15) is 18.0 Å². The summed E-state index contributed by atoms with van der Waals surface area (Å²) in [5, 5.41) is 1.08. The van der Waals surface area contributed by atoms with E-state index in [4.69, 9.17) is 9.47 Å². The van der Waals surface area contributed by atoms with Crippen molar-refractivity contribution in [2.45, 2.75) is 50.3 Å². The highest BCUT2D eigenvalue weighted by atomic mass is 32.2. The lowest BCUT2D eigenvalue weighted by molar-refractivity contribution is -0.147. The van der Waals surface area contributed by atoms with Crippen LogP contribution in [0.3, 0.4) is 0 Å². The third-order valence-electron chi connectivity index (χ3n) is 7.14. The number of aryl methyl sites for hydroxylation is 1. The van der Waals surface area contributed by atoms with Gasteiger partial charge in [0.2, 0.25) is 10.0 Å². The van der Waals surface area contributed by atoms with Crippen LogP contribution in [0, 0.1) is 12.8 Å². The van der Waals surface area contributed by atoms with Crippen LogP contribution in [0.2, 0.25) is 13.1 Å². The lowest BCUT2D eigenvalue weighted by Crippen LogP contribution is -2.44. The van der Waals surface area contributed by atoms with Crippen LogP contribution in [-0.2, 0) is 35.1 Å². The van der Waals surface area contributed by atoms with Crippen molar-refractivity contribution in [3.05, 3.63) is 76.5 Å². The maximum absolute atomic E-state index is 13.8. The molecule has 0 bridgehead atoms. The number of hydrogen-bond donors (Lipinski definition) is 0. The summed E-state index contributed by atoms with van der Waals surface area (Å²) in [5.74, 6) is -1.87. The number of benzene rings is 2. The summed E-state index contributed by atoms with van der Waals surface area (Å²) in [6.07, 6.45) is -0.112. The van der Waals surface area contributed by atoms with E-state index >= 15 is 0 Å². The first-order valence-electron chi connectivity index (χ1n) is 11.9. The molecule has 3 rings (SSSR count). The maximum atomic E-state index is 13.8. The summed E-state index contributed by atoms with van der Waals surface area (Å²) in [6, 6.07) is 16.4. The average molecular weight is 530 g/mol. The molecule has 7 nitrogen and oxygen atoms in total. The zero-order valence-corrected chi connectivity index (χ0v) is 23.6. The Morgan fingerprint density at radius 1 is 1.00 bits per heavy atom. The van der Waals surface area contributed by atoms with Gasteiger partial charge in [0.1, 0.15) is 6.04 Å². The van der Waals surface area contributed by atoms with E-state index in [0.29, 0.717) is 0 Å². The number of rotatable bonds is 8. The van der Waals surface area contributed by atoms with Gasteiger partial charge in [-0.25, -0.2) is 8.42 Å². The Balaban J connectivity index is 2.15. The predicted octanol–water partition coefficient (Wildman–Crippen LogP) is 4.07. The van der Waals surface area contributed by atoms with Gasteiger partial charge in [-0.3, -0.25) is 9.59 Å². The molecule has 9 heteroatoms. The molecule has 1 heterocycles. The molecular formula is C27H35NO6SSi. The number of methoxy groups -OCH3 is 2. The van der Waals surface area contributed by atoms with E-state index in [1.807, 2.05) is 32.0 Å². The Bertz CT molecular complexity index is 1240. The van der Waals surface area contributed by atoms with Crippen molar-refractivity contribution >= 4 is 30.0 Å². The molecule has 1 fully saturated rings. The van der Waals surface area contributed by atoms with Gasteiger partial charge in [-0.1, -0.05) is 77.5 Å². The first-order valence-corrected chi connectivity index (χ1v) is 16.5. The van der Waals surface area contributed by atoms with E-state index in [0.717, 1.165) is 22.4 Å². The highest BCUT2D eigenvalue weighted by Crippen LogP contribution is 2.40. The molecule has 0 aromatic heterocycles. The first kappa shape index (κ1) is 27.8. The molecule has 0 unspecified atom stereocenters. The second kappa shape index (κ2) is 11.1. The van der Waals surface area contributed by atoms with Gasteiger partial charge < -0.3 is 9.47 Å². The SMILES string of the molecule is COC(=O)C[C@H]1/C(=C(/C)[Si](C)(C)Cc2ccccc2)CN(S(=O)(=O)c2ccc(C)cc2)[C@@H]1C(=O)OC. The van der Waals surface area contributed by atoms with Crippen molar-refractivity contribution < 1.29 is 27.5 Å². The minimum atomic E-state index is -4.04. The molecule has 0 aliphatic carbocycles. The van der Waals surface area contributed by atoms with Crippen LogP contribution < -0.4 is 0 Å². The smallest absolute Gasteiger partial charge is 0.324 e. The number of hydrogen-bond acceptors (Lipinski definition) is 6. The summed E-state index contributed by atoms with van der Waals surface area (Å²) in [6.45, 7) is 8.36. The van der Waals surface area contributed by atoms with Crippen molar-refractivity contribution in [3.63, 3.8) is 0 Å². The number of carbonyl (C=O) groups is 2. The molecule has 1 aliphatic heterocycles. The van der Waals surface area contributed by atoms with Gasteiger partial charge in [-0.05, 0) is 32.0 Å². The van der Waals surface area contributed by atoms with Crippen LogP contribution in [0.4, 0.5) is 0 Å². The van der Waals surface area contributed by atoms with E-state index in [1.54, 1.807) is 12.1 Å². The largest absolute Gasteiger partial charge is 0.469 e. The fourth-order valence-electron chi connectivity index (χ4n) is 4.83. The van der Waals surface area contributed by atoms with Crippen LogP contribution in [0.5, 0.6) is 0 Å². The molecule has 1 aliphatic rings. The monoisotopic (exact) mass is 529 g/mol. The molecule has 0 saturated carbocycles. The number of sulfonamides is 1. The average Bonchev–Trinajstić information content (AvgIpc) is 3.23. The normalized spacial score (nSPS) is 20.2. The molecule has 194 valence electrons. The maximum Gasteiger partial charge on any atom is 0.324 e. The summed E-state index contributed by atoms with van der Waals surface area (Å²) < 4.78 is 38.7. The van der Waals surface area contributed by atoms with Crippen molar-refractivity contribution in [1.82, 2.24) is 4.31 Å². The van der Waals surface area contributed by atoms with Gasteiger partial charge in [0.05, 0.1) is 33.6 Å². The molecular weight excluding hydrogens is 494 g/mol. The van der Waals surface area contributed by atoms with E-state index in [1.165, 1.54) is 36.2 Å². The molecule has 36 heavy (non-hydrogen) atoms. The Labute approximate surface area is 215 Å². The fraction of sp³-hybridized carbons (Fsp3) is 0.407. The number of carbonyl (C=O) groups excluding carboxylic acids is 2. The zero-order valence-electron chi connectivity index (χ0n) is 21.8. The Kier molecular flexibility index (Phi) is 8.58. The highest BCUT2D eigenvalue weighted by Gasteiger charge is 2.51. The third-order valence-corrected chi connectivity index (χ3v) is 12.6. The predicted molar refractivity (Wildman–Crippen MR) is 141 cm³/mol. The van der Waals surface area contributed by atoms with Crippen molar-refractivity contribution in [3.8, 4) is 0 Å². The third kappa shape index (κ3) is 5.79. The summed E-state index contributed by atoms with van der Waals surface area (Å²) in [7, 11) is -3.64. The molecule has 2 aromatic rings. The lowest BCUT2D eigenvalue weighted by atomic mass is 9.92. The second-order valence-corrected chi connectivity index (χ2v) is 16.7. The van der Waals surface area contributed by atoms with Gasteiger partial charge in [0, 0.05) is 12.5 Å². The van der Waals surface area contributed by atoms with Crippen LogP contribution in [-0.4, -0.2) is 59.5 Å². The van der Waals surface area contributed by atoms with Gasteiger partial charge in [-0.2, -0.15) is 4.31 Å². The van der Waals surface area contributed by atoms with Gasteiger partial charge in [0.25, 0.3) is 0 Å². The Hall–Kier alpha value is -2.75. The summed E-state index contributed by atoms with van der Waals surface area (Å²) in [4.78, 5) is 25.6. The second-order valence-electron chi connectivity index (χ2n) is 9.91. The number of nitrogens with zero attached hydrogens (tertiary/aromatic N) is 1. The molecule has 1 saturated heterocycles. The number of ether oxygens (including phenoxy) is 2. The van der Waals surface area contributed by atoms with Crippen LogP contribution in [0.25, 0.3) is 0 Å². The molecule has 0 spiro atoms. The fourth-order valence-corrected chi connectivity index (χ4v) is 9.07.